The Kier molecular flexibility index (Phi) is 9.08. The van der Waals surface area contributed by atoms with Crippen molar-refractivity contribution in [2.75, 3.05) is 26.3 Å². The van der Waals surface area contributed by atoms with Crippen molar-refractivity contribution in [1.82, 2.24) is 5.32 Å². The first kappa shape index (κ1) is 21.6. The Morgan fingerprint density at radius 2 is 1.80 bits per heavy atom. The van der Waals surface area contributed by atoms with E-state index in [1.54, 1.807) is 0 Å². The van der Waals surface area contributed by atoms with Crippen LogP contribution in [0.25, 0.3) is 0 Å². The SMILES string of the molecule is CC(C)(CNC(=O)CCCCCCN)c1ccc2c(c1)OCCO2.Cl. The predicted octanol–water partition coefficient (Wildman–Crippen LogP) is 3.18. The number of ether oxygens (including phenoxy) is 2. The smallest absolute Gasteiger partial charge is 0.220 e. The first-order valence-corrected chi connectivity index (χ1v) is 8.90. The number of amides is 1. The Balaban J connectivity index is 0.00000312. The van der Waals surface area contributed by atoms with E-state index >= 15 is 0 Å². The van der Waals surface area contributed by atoms with E-state index in [-0.39, 0.29) is 23.7 Å². The average molecular weight is 371 g/mol. The number of nitrogens with one attached hydrogen (secondary N) is 1. The second kappa shape index (κ2) is 10.5. The van der Waals surface area contributed by atoms with Crippen LogP contribution in [0.2, 0.25) is 0 Å². The number of rotatable bonds is 9. The molecule has 0 spiro atoms. The molecule has 0 saturated carbocycles. The zero-order valence-corrected chi connectivity index (χ0v) is 16.1. The maximum absolute atomic E-state index is 12.0. The summed E-state index contributed by atoms with van der Waals surface area (Å²) in [6.07, 6.45) is 4.72. The summed E-state index contributed by atoms with van der Waals surface area (Å²) in [5.41, 5.74) is 6.44. The molecule has 0 aromatic heterocycles. The van der Waals surface area contributed by atoms with Gasteiger partial charge in [-0.1, -0.05) is 32.8 Å². The van der Waals surface area contributed by atoms with E-state index in [1.807, 2.05) is 18.2 Å². The zero-order valence-electron chi connectivity index (χ0n) is 15.3. The van der Waals surface area contributed by atoms with E-state index < -0.39 is 0 Å². The van der Waals surface area contributed by atoms with Crippen LogP contribution in [0, 0.1) is 0 Å². The van der Waals surface area contributed by atoms with Crippen molar-refractivity contribution in [1.29, 1.82) is 0 Å². The molecule has 5 nitrogen and oxygen atoms in total. The summed E-state index contributed by atoms with van der Waals surface area (Å²) in [6, 6.07) is 6.02. The highest BCUT2D eigenvalue weighted by Gasteiger charge is 2.24. The fourth-order valence-corrected chi connectivity index (χ4v) is 2.76. The second-order valence-corrected chi connectivity index (χ2v) is 6.97. The van der Waals surface area contributed by atoms with Gasteiger partial charge in [0.1, 0.15) is 13.2 Å². The van der Waals surface area contributed by atoms with Crippen molar-refractivity contribution in [3.05, 3.63) is 23.8 Å². The molecule has 25 heavy (non-hydrogen) atoms. The number of nitrogens with two attached hydrogens (primary N) is 1. The number of carbonyl (C=O) groups excluding carboxylic acids is 1. The van der Waals surface area contributed by atoms with Gasteiger partial charge in [-0.25, -0.2) is 0 Å². The number of unbranched alkanes of at least 4 members (excludes halogenated alkanes) is 3. The molecule has 0 atom stereocenters. The van der Waals surface area contributed by atoms with Crippen molar-refractivity contribution >= 4 is 18.3 Å². The molecule has 0 bridgehead atoms. The number of halogens is 1. The minimum Gasteiger partial charge on any atom is -0.486 e. The van der Waals surface area contributed by atoms with Crippen LogP contribution in [0.1, 0.15) is 51.5 Å². The van der Waals surface area contributed by atoms with Crippen LogP contribution in [0.3, 0.4) is 0 Å². The van der Waals surface area contributed by atoms with Crippen molar-refractivity contribution in [3.8, 4) is 11.5 Å². The van der Waals surface area contributed by atoms with Crippen LogP contribution in [-0.2, 0) is 10.2 Å². The van der Waals surface area contributed by atoms with Crippen LogP contribution in [-0.4, -0.2) is 32.2 Å². The highest BCUT2D eigenvalue weighted by Crippen LogP contribution is 2.34. The molecule has 1 aromatic carbocycles. The topological polar surface area (TPSA) is 73.6 Å². The second-order valence-electron chi connectivity index (χ2n) is 6.97. The fourth-order valence-electron chi connectivity index (χ4n) is 2.76. The minimum absolute atomic E-state index is 0. The molecule has 1 amide bonds. The number of hydrogen-bond donors (Lipinski definition) is 2. The Morgan fingerprint density at radius 1 is 1.12 bits per heavy atom. The summed E-state index contributed by atoms with van der Waals surface area (Å²) in [7, 11) is 0. The summed E-state index contributed by atoms with van der Waals surface area (Å²) < 4.78 is 11.2. The summed E-state index contributed by atoms with van der Waals surface area (Å²) in [5.74, 6) is 1.70. The summed E-state index contributed by atoms with van der Waals surface area (Å²) in [4.78, 5) is 12.0. The molecule has 6 heteroatoms. The van der Waals surface area contributed by atoms with Gasteiger partial charge in [0.05, 0.1) is 0 Å². The van der Waals surface area contributed by atoms with Crippen molar-refractivity contribution < 1.29 is 14.3 Å². The van der Waals surface area contributed by atoms with Gasteiger partial charge in [-0.15, -0.1) is 12.4 Å². The van der Waals surface area contributed by atoms with Gasteiger partial charge in [0.2, 0.25) is 5.91 Å². The summed E-state index contributed by atoms with van der Waals surface area (Å²) >= 11 is 0. The number of carbonyl (C=O) groups is 1. The Bertz CT molecular complexity index is 549. The number of fused-ring (bicyclic) bond motifs is 1. The third kappa shape index (κ3) is 6.75. The lowest BCUT2D eigenvalue weighted by molar-refractivity contribution is -0.121. The van der Waals surface area contributed by atoms with E-state index in [9.17, 15) is 4.79 Å². The van der Waals surface area contributed by atoms with Gasteiger partial charge in [0.15, 0.2) is 11.5 Å². The van der Waals surface area contributed by atoms with Crippen LogP contribution in [0.15, 0.2) is 18.2 Å². The summed E-state index contributed by atoms with van der Waals surface area (Å²) in [6.45, 7) is 6.76. The molecule has 1 aliphatic rings. The molecule has 0 saturated heterocycles. The molecule has 142 valence electrons. The quantitative estimate of drug-likeness (QED) is 0.655. The van der Waals surface area contributed by atoms with Gasteiger partial charge >= 0.3 is 0 Å². The van der Waals surface area contributed by atoms with Gasteiger partial charge in [-0.2, -0.15) is 0 Å². The molecular formula is C19H31ClN2O3. The van der Waals surface area contributed by atoms with Gasteiger partial charge < -0.3 is 20.5 Å². The van der Waals surface area contributed by atoms with E-state index in [0.29, 0.717) is 26.2 Å². The van der Waals surface area contributed by atoms with Crippen molar-refractivity contribution in [2.45, 2.75) is 51.4 Å². The molecule has 1 heterocycles. The Morgan fingerprint density at radius 3 is 2.52 bits per heavy atom. The van der Waals surface area contributed by atoms with E-state index in [1.165, 1.54) is 0 Å². The molecular weight excluding hydrogens is 340 g/mol. The van der Waals surface area contributed by atoms with Gasteiger partial charge in [0, 0.05) is 18.4 Å². The molecule has 0 fully saturated rings. The Labute approximate surface area is 157 Å². The minimum atomic E-state index is -0.162. The molecule has 0 unspecified atom stereocenters. The molecule has 2 rings (SSSR count). The molecule has 0 radical (unpaired) electrons. The maximum Gasteiger partial charge on any atom is 0.220 e. The van der Waals surface area contributed by atoms with Crippen LogP contribution >= 0.6 is 12.4 Å². The fraction of sp³-hybridized carbons (Fsp3) is 0.632. The lowest BCUT2D eigenvalue weighted by atomic mass is 9.84. The summed E-state index contributed by atoms with van der Waals surface area (Å²) in [5, 5.41) is 3.06. The Hall–Kier alpha value is -1.46. The normalized spacial score (nSPS) is 13.1. The van der Waals surface area contributed by atoms with Crippen molar-refractivity contribution in [2.24, 2.45) is 5.73 Å². The van der Waals surface area contributed by atoms with Gasteiger partial charge in [0.25, 0.3) is 0 Å². The van der Waals surface area contributed by atoms with Crippen LogP contribution in [0.4, 0.5) is 0 Å². The van der Waals surface area contributed by atoms with Crippen molar-refractivity contribution in [3.63, 3.8) is 0 Å². The molecule has 1 aromatic rings. The zero-order chi connectivity index (χ0) is 17.4. The molecule has 1 aliphatic heterocycles. The third-order valence-electron chi connectivity index (χ3n) is 4.41. The average Bonchev–Trinajstić information content (AvgIpc) is 2.59. The maximum atomic E-state index is 12.0. The van der Waals surface area contributed by atoms with Crippen LogP contribution in [0.5, 0.6) is 11.5 Å². The van der Waals surface area contributed by atoms with Gasteiger partial charge in [-0.05, 0) is 37.1 Å². The first-order valence-electron chi connectivity index (χ1n) is 8.90. The molecule has 0 aliphatic carbocycles. The lowest BCUT2D eigenvalue weighted by Gasteiger charge is -2.28. The standard InChI is InChI=1S/C19H30N2O3.ClH/c1-19(2,14-21-18(22)7-5-3-4-6-10-20)15-8-9-16-17(13-15)24-12-11-23-16;/h8-9,13H,3-7,10-12,14,20H2,1-2H3,(H,21,22);1H. The highest BCUT2D eigenvalue weighted by molar-refractivity contribution is 5.85. The third-order valence-corrected chi connectivity index (χ3v) is 4.41. The monoisotopic (exact) mass is 370 g/mol. The predicted molar refractivity (Wildman–Crippen MR) is 103 cm³/mol. The van der Waals surface area contributed by atoms with E-state index in [2.05, 4.69) is 19.2 Å². The highest BCUT2D eigenvalue weighted by atomic mass is 35.5. The van der Waals surface area contributed by atoms with Gasteiger partial charge in [-0.3, -0.25) is 4.79 Å². The lowest BCUT2D eigenvalue weighted by Crippen LogP contribution is -2.36. The first-order chi connectivity index (χ1) is 11.5. The largest absolute Gasteiger partial charge is 0.486 e. The number of benzene rings is 1. The van der Waals surface area contributed by atoms with E-state index in [0.717, 1.165) is 49.3 Å². The molecule has 3 N–H and O–H groups in total. The number of hydrogen-bond acceptors (Lipinski definition) is 4. The van der Waals surface area contributed by atoms with E-state index in [4.69, 9.17) is 15.2 Å². The van der Waals surface area contributed by atoms with Crippen LogP contribution < -0.4 is 20.5 Å².